The van der Waals surface area contributed by atoms with E-state index < -0.39 is 22.0 Å². The fourth-order valence-corrected chi connectivity index (χ4v) is 3.43. The standard InChI is InChI=1S/C20H16N4O5S/c25-18(7-6-14-3-1-5-16(11-14)24(28)29)22-9-10-23-19(26)17(30-20(23)27)12-15-4-2-8-21-13-15/h1-8,11-13H,9-10H2,(H,22,25)/b7-6+,17-12-. The minimum Gasteiger partial charge on any atom is -0.351 e. The number of carbonyl (C=O) groups excluding carboxylic acids is 3. The second-order valence-electron chi connectivity index (χ2n) is 6.10. The molecule has 1 fully saturated rings. The van der Waals surface area contributed by atoms with Crippen LogP contribution in [0.1, 0.15) is 11.1 Å². The number of nitrogens with one attached hydrogen (secondary N) is 1. The van der Waals surface area contributed by atoms with Gasteiger partial charge in [-0.15, -0.1) is 0 Å². The number of imide groups is 1. The zero-order valence-electron chi connectivity index (χ0n) is 15.6. The third kappa shape index (κ3) is 5.39. The molecule has 0 unspecified atom stereocenters. The first kappa shape index (κ1) is 20.9. The molecule has 3 rings (SSSR count). The zero-order valence-corrected chi connectivity index (χ0v) is 16.4. The van der Waals surface area contributed by atoms with Gasteiger partial charge in [-0.25, -0.2) is 0 Å². The van der Waals surface area contributed by atoms with Gasteiger partial charge >= 0.3 is 0 Å². The van der Waals surface area contributed by atoms with Crippen LogP contribution in [0.25, 0.3) is 12.2 Å². The molecule has 0 aliphatic carbocycles. The Bertz CT molecular complexity index is 1050. The number of nitro benzene ring substituents is 1. The predicted molar refractivity (Wildman–Crippen MR) is 112 cm³/mol. The van der Waals surface area contributed by atoms with E-state index in [1.165, 1.54) is 30.4 Å². The zero-order chi connectivity index (χ0) is 21.5. The van der Waals surface area contributed by atoms with Gasteiger partial charge in [-0.2, -0.15) is 0 Å². The number of non-ortho nitro benzene ring substituents is 1. The molecule has 1 N–H and O–H groups in total. The Morgan fingerprint density at radius 2 is 2.03 bits per heavy atom. The summed E-state index contributed by atoms with van der Waals surface area (Å²) in [6.45, 7) is 0.113. The van der Waals surface area contributed by atoms with Gasteiger partial charge in [0.1, 0.15) is 0 Å². The molecular weight excluding hydrogens is 408 g/mol. The van der Waals surface area contributed by atoms with E-state index in [-0.39, 0.29) is 18.8 Å². The summed E-state index contributed by atoms with van der Waals surface area (Å²) in [7, 11) is 0. The molecule has 0 bridgehead atoms. The monoisotopic (exact) mass is 424 g/mol. The van der Waals surface area contributed by atoms with Gasteiger partial charge in [-0.3, -0.25) is 34.4 Å². The molecule has 30 heavy (non-hydrogen) atoms. The van der Waals surface area contributed by atoms with Crippen LogP contribution in [0.15, 0.2) is 59.8 Å². The summed E-state index contributed by atoms with van der Waals surface area (Å²) in [5.41, 5.74) is 1.14. The molecule has 9 nitrogen and oxygen atoms in total. The Kier molecular flexibility index (Phi) is 6.71. The van der Waals surface area contributed by atoms with Crippen LogP contribution in [0, 0.1) is 10.1 Å². The first-order valence-corrected chi connectivity index (χ1v) is 9.61. The topological polar surface area (TPSA) is 123 Å². The first-order chi connectivity index (χ1) is 14.4. The normalized spacial score (nSPS) is 15.2. The van der Waals surface area contributed by atoms with E-state index in [1.54, 1.807) is 36.7 Å². The van der Waals surface area contributed by atoms with Gasteiger partial charge in [-0.05, 0) is 41.1 Å². The number of aromatic nitrogens is 1. The summed E-state index contributed by atoms with van der Waals surface area (Å²) in [5, 5.41) is 12.9. The number of benzene rings is 1. The van der Waals surface area contributed by atoms with Crippen LogP contribution >= 0.6 is 11.8 Å². The van der Waals surface area contributed by atoms with Crippen LogP contribution in [-0.4, -0.2) is 45.0 Å². The van der Waals surface area contributed by atoms with Crippen LogP contribution < -0.4 is 5.32 Å². The maximum Gasteiger partial charge on any atom is 0.293 e. The molecule has 0 atom stereocenters. The highest BCUT2D eigenvalue weighted by Gasteiger charge is 2.34. The van der Waals surface area contributed by atoms with Crippen LogP contribution in [0.5, 0.6) is 0 Å². The van der Waals surface area contributed by atoms with Crippen LogP contribution in [-0.2, 0) is 9.59 Å². The smallest absolute Gasteiger partial charge is 0.293 e. The Morgan fingerprint density at radius 3 is 2.77 bits per heavy atom. The minimum atomic E-state index is -0.517. The number of amides is 3. The number of pyridine rings is 1. The maximum atomic E-state index is 12.4. The number of thioether (sulfide) groups is 1. The molecule has 0 spiro atoms. The minimum absolute atomic E-state index is 0.0332. The molecule has 1 saturated heterocycles. The van der Waals surface area contributed by atoms with Gasteiger partial charge in [0.05, 0.1) is 9.83 Å². The number of nitro groups is 1. The van der Waals surface area contributed by atoms with Gasteiger partial charge in [0.2, 0.25) is 5.91 Å². The summed E-state index contributed by atoms with van der Waals surface area (Å²) >= 11 is 0.836. The second-order valence-corrected chi connectivity index (χ2v) is 7.09. The Labute approximate surface area is 175 Å². The third-order valence-corrected chi connectivity index (χ3v) is 4.91. The number of carbonyl (C=O) groups is 3. The van der Waals surface area contributed by atoms with E-state index >= 15 is 0 Å². The van der Waals surface area contributed by atoms with E-state index in [9.17, 15) is 24.5 Å². The molecule has 10 heteroatoms. The number of hydrogen-bond donors (Lipinski definition) is 1. The summed E-state index contributed by atoms with van der Waals surface area (Å²) in [5.74, 6) is -0.866. The lowest BCUT2D eigenvalue weighted by atomic mass is 10.2. The average Bonchev–Trinajstić information content (AvgIpc) is 3.00. The third-order valence-electron chi connectivity index (χ3n) is 4.00. The highest BCUT2D eigenvalue weighted by molar-refractivity contribution is 8.18. The predicted octanol–water partition coefficient (Wildman–Crippen LogP) is 2.86. The van der Waals surface area contributed by atoms with Crippen LogP contribution in [0.4, 0.5) is 10.5 Å². The second kappa shape index (κ2) is 9.61. The lowest BCUT2D eigenvalue weighted by Crippen LogP contribution is -2.36. The molecule has 152 valence electrons. The van der Waals surface area contributed by atoms with Crippen molar-refractivity contribution in [2.24, 2.45) is 0 Å². The summed E-state index contributed by atoms with van der Waals surface area (Å²) in [6, 6.07) is 9.36. The Hall–Kier alpha value is -3.79. The molecule has 2 heterocycles. The average molecular weight is 424 g/mol. The Balaban J connectivity index is 1.52. The number of nitrogens with zero attached hydrogens (tertiary/aromatic N) is 3. The van der Waals surface area contributed by atoms with E-state index in [4.69, 9.17) is 0 Å². The van der Waals surface area contributed by atoms with Crippen molar-refractivity contribution in [1.29, 1.82) is 0 Å². The van der Waals surface area contributed by atoms with Crippen molar-refractivity contribution in [2.75, 3.05) is 13.1 Å². The largest absolute Gasteiger partial charge is 0.351 e. The summed E-state index contributed by atoms with van der Waals surface area (Å²) in [6.07, 6.45) is 7.47. The van der Waals surface area contributed by atoms with Crippen molar-refractivity contribution in [3.05, 3.63) is 81.0 Å². The van der Waals surface area contributed by atoms with Gasteiger partial charge in [0, 0.05) is 43.7 Å². The van der Waals surface area contributed by atoms with E-state index in [0.717, 1.165) is 16.7 Å². The van der Waals surface area contributed by atoms with Gasteiger partial charge < -0.3 is 5.32 Å². The lowest BCUT2D eigenvalue weighted by molar-refractivity contribution is -0.384. The van der Waals surface area contributed by atoms with Crippen molar-refractivity contribution in [1.82, 2.24) is 15.2 Å². The van der Waals surface area contributed by atoms with E-state index in [2.05, 4.69) is 10.3 Å². The summed E-state index contributed by atoms with van der Waals surface area (Å²) in [4.78, 5) is 52.0. The van der Waals surface area contributed by atoms with E-state index in [0.29, 0.717) is 16.0 Å². The van der Waals surface area contributed by atoms with E-state index in [1.807, 2.05) is 0 Å². The van der Waals surface area contributed by atoms with Crippen molar-refractivity contribution < 1.29 is 19.3 Å². The highest BCUT2D eigenvalue weighted by atomic mass is 32.2. The Morgan fingerprint density at radius 1 is 1.23 bits per heavy atom. The number of hydrogen-bond acceptors (Lipinski definition) is 7. The molecule has 0 saturated carbocycles. The lowest BCUT2D eigenvalue weighted by Gasteiger charge is -2.12. The molecule has 1 aromatic heterocycles. The molecule has 1 aliphatic heterocycles. The molecular formula is C20H16N4O5S. The van der Waals surface area contributed by atoms with Crippen molar-refractivity contribution in [3.63, 3.8) is 0 Å². The van der Waals surface area contributed by atoms with Gasteiger partial charge in [0.15, 0.2) is 0 Å². The van der Waals surface area contributed by atoms with Crippen molar-refractivity contribution in [2.45, 2.75) is 0 Å². The quantitative estimate of drug-likeness (QED) is 0.412. The van der Waals surface area contributed by atoms with Gasteiger partial charge in [0.25, 0.3) is 16.8 Å². The highest BCUT2D eigenvalue weighted by Crippen LogP contribution is 2.31. The summed E-state index contributed by atoms with van der Waals surface area (Å²) < 4.78 is 0. The van der Waals surface area contributed by atoms with Crippen molar-refractivity contribution >= 4 is 46.7 Å². The fourth-order valence-electron chi connectivity index (χ4n) is 2.57. The molecule has 1 aliphatic rings. The fraction of sp³-hybridized carbons (Fsp3) is 0.100. The first-order valence-electron chi connectivity index (χ1n) is 8.80. The molecule has 2 aromatic rings. The number of rotatable bonds is 7. The molecule has 0 radical (unpaired) electrons. The molecule has 1 aromatic carbocycles. The SMILES string of the molecule is O=C(/C=C/c1cccc([N+](=O)[O-])c1)NCCN1C(=O)S/C(=C\c2cccnc2)C1=O. The molecule has 3 amide bonds. The van der Waals surface area contributed by atoms with Crippen LogP contribution in [0.3, 0.4) is 0 Å². The van der Waals surface area contributed by atoms with Crippen LogP contribution in [0.2, 0.25) is 0 Å². The van der Waals surface area contributed by atoms with Gasteiger partial charge in [-0.1, -0.05) is 18.2 Å². The maximum absolute atomic E-state index is 12.4. The van der Waals surface area contributed by atoms with Crippen molar-refractivity contribution in [3.8, 4) is 0 Å².